The second kappa shape index (κ2) is 7.84. The third kappa shape index (κ3) is 7.51. The fourth-order valence-corrected chi connectivity index (χ4v) is 1.44. The van der Waals surface area contributed by atoms with Crippen molar-refractivity contribution in [1.29, 1.82) is 0 Å². The summed E-state index contributed by atoms with van der Waals surface area (Å²) in [6.07, 6.45) is -4.84. The van der Waals surface area contributed by atoms with Gasteiger partial charge in [0.2, 0.25) is 0 Å². The SMILES string of the molecule is O=C(O)C(F)(F)F.[15NH2][13C@@H]([13CH2][13c]1[13cH][13cH][13c](O)[13c](Br)[13cH]1)[13C](=O)O. The maximum atomic E-state index is 10.6. The molecule has 10 heteroatoms. The van der Waals surface area contributed by atoms with E-state index in [0.717, 1.165) is 5.56 Å². The van der Waals surface area contributed by atoms with Gasteiger partial charge in [-0.05, 0) is 40.0 Å². The van der Waals surface area contributed by atoms with Crippen LogP contribution >= 0.6 is 15.9 Å². The summed E-state index contributed by atoms with van der Waals surface area (Å²) in [5.74, 6) is -3.67. The van der Waals surface area contributed by atoms with Crippen molar-refractivity contribution >= 4 is 27.9 Å². The van der Waals surface area contributed by atoms with E-state index in [9.17, 15) is 23.1 Å². The van der Waals surface area contributed by atoms with Crippen LogP contribution in [0.5, 0.6) is 5.75 Å². The molecule has 0 unspecified atom stereocenters. The van der Waals surface area contributed by atoms with E-state index in [1.807, 2.05) is 0 Å². The van der Waals surface area contributed by atoms with E-state index < -0.39 is 24.2 Å². The van der Waals surface area contributed by atoms with Crippen LogP contribution in [0, 0.1) is 0 Å². The van der Waals surface area contributed by atoms with Gasteiger partial charge >= 0.3 is 18.1 Å². The van der Waals surface area contributed by atoms with Crippen molar-refractivity contribution in [3.8, 4) is 5.75 Å². The Kier molecular flexibility index (Phi) is 7.16. The number of hydrogen-bond donors (Lipinski definition) is 4. The molecule has 0 bridgehead atoms. The lowest BCUT2D eigenvalue weighted by molar-refractivity contribution is -0.192. The van der Waals surface area contributed by atoms with Crippen molar-refractivity contribution in [3.05, 3.63) is 28.2 Å². The van der Waals surface area contributed by atoms with Crippen molar-refractivity contribution in [2.45, 2.75) is 18.6 Å². The number of halogens is 4. The first kappa shape index (κ1) is 19.2. The summed E-state index contributed by atoms with van der Waals surface area (Å²) in [5.41, 5.74) is 6.13. The summed E-state index contributed by atoms with van der Waals surface area (Å²) >= 11 is 3.13. The number of benzene rings is 1. The zero-order chi connectivity index (χ0) is 16.8. The predicted octanol–water partition coefficient (Wildman–Crippen LogP) is 1.74. The van der Waals surface area contributed by atoms with Crippen LogP contribution in [0.25, 0.3) is 0 Å². The molecule has 6 nitrogen and oxygen atoms in total. The maximum Gasteiger partial charge on any atom is 0.490 e. The Morgan fingerprint density at radius 3 is 2.10 bits per heavy atom. The lowest BCUT2D eigenvalue weighted by Crippen LogP contribution is -2.32. The highest BCUT2D eigenvalue weighted by Crippen LogP contribution is 2.24. The molecule has 0 saturated heterocycles. The summed E-state index contributed by atoms with van der Waals surface area (Å²) in [5, 5.41) is 24.9. The number of aliphatic carboxylic acids is 2. The molecule has 0 amide bonds. The number of hydrogen-bond acceptors (Lipinski definition) is 4. The maximum absolute atomic E-state index is 10.6. The minimum absolute atomic E-state index is 0.123. The Bertz CT molecular complexity index is 521. The monoisotopic (exact) mass is 383 g/mol. The molecule has 1 rings (SSSR count). The third-order valence-corrected chi connectivity index (χ3v) is 2.66. The molecular formula is C11H11BrF3NO5. The van der Waals surface area contributed by atoms with E-state index in [-0.39, 0.29) is 12.2 Å². The van der Waals surface area contributed by atoms with Crippen LogP contribution < -0.4 is 5.73 Å². The predicted molar refractivity (Wildman–Crippen MR) is 68.8 cm³/mol. The van der Waals surface area contributed by atoms with Gasteiger partial charge in [0, 0.05) is 0 Å². The Morgan fingerprint density at radius 1 is 1.29 bits per heavy atom. The van der Waals surface area contributed by atoms with Gasteiger partial charge in [-0.1, -0.05) is 6.07 Å². The highest BCUT2D eigenvalue weighted by Gasteiger charge is 2.38. The van der Waals surface area contributed by atoms with E-state index in [0.29, 0.717) is 4.47 Å². The van der Waals surface area contributed by atoms with Crippen LogP contribution in [-0.4, -0.2) is 39.5 Å². The highest BCUT2D eigenvalue weighted by atomic mass is 79.9. The number of phenols is 1. The van der Waals surface area contributed by atoms with Gasteiger partial charge in [-0.3, -0.25) is 4.79 Å². The molecule has 0 aliphatic carbocycles. The van der Waals surface area contributed by atoms with Crippen molar-refractivity contribution in [1.82, 2.24) is 0 Å². The van der Waals surface area contributed by atoms with Gasteiger partial charge in [0.05, 0.1) is 4.47 Å². The molecule has 0 radical (unpaired) electrons. The topological polar surface area (TPSA) is 121 Å². The average Bonchev–Trinajstić information content (AvgIpc) is 2.33. The zero-order valence-corrected chi connectivity index (χ0v) is 11.8. The number of alkyl halides is 3. The van der Waals surface area contributed by atoms with Gasteiger partial charge in [0.15, 0.2) is 0 Å². The van der Waals surface area contributed by atoms with Crippen molar-refractivity contribution in [2.75, 3.05) is 0 Å². The number of aromatic hydroxyl groups is 1. The lowest BCUT2D eigenvalue weighted by atomic mass is 10.7. The van der Waals surface area contributed by atoms with Crippen molar-refractivity contribution < 1.29 is 38.1 Å². The Balaban J connectivity index is 0.000000486. The van der Waals surface area contributed by atoms with Crippen LogP contribution in [0.4, 0.5) is 13.2 Å². The third-order valence-electron chi connectivity index (χ3n) is 2.03. The first-order valence-corrected chi connectivity index (χ1v) is 6.00. The number of carboxylic acid groups (broad SMARTS) is 2. The van der Waals surface area contributed by atoms with Gasteiger partial charge in [-0.2, -0.15) is 13.2 Å². The number of carboxylic acids is 2. The normalized spacial score (nSPS) is 12.0. The molecule has 1 aromatic carbocycles. The fourth-order valence-electron chi connectivity index (χ4n) is 1.02. The molecule has 5 N–H and O–H groups in total. The molecule has 21 heavy (non-hydrogen) atoms. The molecule has 0 aromatic heterocycles. The zero-order valence-electron chi connectivity index (χ0n) is 10.3. The van der Waals surface area contributed by atoms with Crippen LogP contribution in [-0.2, 0) is 16.0 Å². The standard InChI is InChI=1S/C9H10BrNO3.C2HF3O2/c10-6-3-5(1-2-8(6)12)4-7(11)9(13)14;3-2(4,5)1(6)7/h1-3,7,12H,4,11H2,(H,13,14);(H,6,7)/t7-;/m0./s1/i1+1,2+1,3+1,4+1,5+1,6+1,7+1,8+1,9+1,11+1;. The highest BCUT2D eigenvalue weighted by molar-refractivity contribution is 9.10. The van der Waals surface area contributed by atoms with E-state index >= 15 is 0 Å². The van der Waals surface area contributed by atoms with Gasteiger partial charge in [0.25, 0.3) is 0 Å². The van der Waals surface area contributed by atoms with Crippen molar-refractivity contribution in [2.24, 2.45) is 5.73 Å². The molecule has 118 valence electrons. The summed E-state index contributed by atoms with van der Waals surface area (Å²) in [6.45, 7) is 0. The molecule has 0 saturated carbocycles. The average molecular weight is 384 g/mol. The number of carbonyl (C=O) groups is 2. The molecule has 0 fully saturated rings. The van der Waals surface area contributed by atoms with Crippen LogP contribution in [0.1, 0.15) is 5.56 Å². The largest absolute Gasteiger partial charge is 0.507 e. The Morgan fingerprint density at radius 2 is 1.76 bits per heavy atom. The van der Waals surface area contributed by atoms with E-state index in [1.165, 1.54) is 6.07 Å². The summed E-state index contributed by atoms with van der Waals surface area (Å²) in [7, 11) is 0. The van der Waals surface area contributed by atoms with Gasteiger partial charge in [-0.15, -0.1) is 0 Å². The van der Waals surface area contributed by atoms with Crippen LogP contribution in [0.15, 0.2) is 22.7 Å². The quantitative estimate of drug-likeness (QED) is 0.466. The molecule has 0 heterocycles. The molecule has 0 aliphatic heterocycles. The van der Waals surface area contributed by atoms with Crippen LogP contribution in [0.2, 0.25) is 0 Å². The number of phenolic OH excluding ortho intramolecular Hbond substituents is 1. The van der Waals surface area contributed by atoms with Gasteiger partial charge in [-0.25, -0.2) is 4.79 Å². The second-order valence-corrected chi connectivity index (χ2v) is 4.59. The van der Waals surface area contributed by atoms with Crippen molar-refractivity contribution in [3.63, 3.8) is 0 Å². The molecule has 1 aromatic rings. The Labute approximate surface area is 125 Å². The number of nitrogens with two attached hydrogens (primary N) is 1. The molecule has 1 atom stereocenters. The number of rotatable bonds is 3. The first-order chi connectivity index (χ1) is 9.45. The summed E-state index contributed by atoms with van der Waals surface area (Å²) in [4.78, 5) is 19.4. The Hall–Kier alpha value is -1.81. The lowest BCUT2D eigenvalue weighted by Gasteiger charge is -2.07. The van der Waals surface area contributed by atoms with Gasteiger partial charge in [0.1, 0.15) is 11.8 Å². The van der Waals surface area contributed by atoms with Crippen LogP contribution in [0.3, 0.4) is 0 Å². The van der Waals surface area contributed by atoms with E-state index in [2.05, 4.69) is 15.9 Å². The molecule has 0 aliphatic rings. The van der Waals surface area contributed by atoms with E-state index in [1.54, 1.807) is 12.1 Å². The van der Waals surface area contributed by atoms with E-state index in [4.69, 9.17) is 20.7 Å². The first-order valence-electron chi connectivity index (χ1n) is 5.21. The summed E-state index contributed by atoms with van der Waals surface area (Å²) < 4.78 is 32.3. The molecule has 0 spiro atoms. The smallest absolute Gasteiger partial charge is 0.490 e. The molecular weight excluding hydrogens is 373 g/mol. The summed E-state index contributed by atoms with van der Waals surface area (Å²) in [6, 6.07) is 3.88. The minimum atomic E-state index is -5.08. The minimum Gasteiger partial charge on any atom is -0.507 e. The van der Waals surface area contributed by atoms with Gasteiger partial charge < -0.3 is 21.1 Å². The second-order valence-electron chi connectivity index (χ2n) is 3.74. The fraction of sp³-hybridized carbons (Fsp3) is 0.273.